The number of hydrogen-bond donors (Lipinski definition) is 1. The van der Waals surface area contributed by atoms with Crippen LogP contribution in [0.25, 0.3) is 0 Å². The monoisotopic (exact) mass is 356 g/mol. The second-order valence-corrected chi connectivity index (χ2v) is 6.86. The number of carbonyl (C=O) groups is 1. The van der Waals surface area contributed by atoms with E-state index in [2.05, 4.69) is 4.74 Å². The number of carbonyl (C=O) groups excluding carboxylic acids is 1. The molecule has 0 aliphatic heterocycles. The van der Waals surface area contributed by atoms with Crippen LogP contribution in [0.2, 0.25) is 0 Å². The van der Waals surface area contributed by atoms with E-state index in [0.717, 1.165) is 25.7 Å². The number of alkyl halides is 2. The van der Waals surface area contributed by atoms with Crippen LogP contribution in [0.1, 0.15) is 38.2 Å². The summed E-state index contributed by atoms with van der Waals surface area (Å²) in [5.41, 5.74) is 6.48. The summed E-state index contributed by atoms with van der Waals surface area (Å²) < 4.78 is 34.6. The Morgan fingerprint density at radius 3 is 2.72 bits per heavy atom. The van der Waals surface area contributed by atoms with Gasteiger partial charge >= 0.3 is 6.61 Å². The molecule has 1 amide bonds. The van der Waals surface area contributed by atoms with Crippen LogP contribution in [-0.4, -0.2) is 37.1 Å². The highest BCUT2D eigenvalue weighted by atomic mass is 19.3. The number of nitrogens with zero attached hydrogens (tertiary/aromatic N) is 1. The molecule has 2 rings (SSSR count). The fourth-order valence-electron chi connectivity index (χ4n) is 3.39. The molecule has 0 saturated heterocycles. The first-order chi connectivity index (χ1) is 11.7. The first-order valence-electron chi connectivity index (χ1n) is 8.40. The Bertz CT molecular complexity index is 608. The molecule has 2 N–H and O–H groups in total. The van der Waals surface area contributed by atoms with Crippen molar-refractivity contribution in [1.29, 1.82) is 0 Å². The van der Waals surface area contributed by atoms with Crippen molar-refractivity contribution in [3.8, 4) is 11.5 Å². The van der Waals surface area contributed by atoms with Gasteiger partial charge in [0.15, 0.2) is 11.5 Å². The van der Waals surface area contributed by atoms with E-state index in [0.29, 0.717) is 5.56 Å². The lowest BCUT2D eigenvalue weighted by molar-refractivity contribution is -0.138. The first-order valence-corrected chi connectivity index (χ1v) is 8.40. The lowest BCUT2D eigenvalue weighted by Gasteiger charge is -2.39. The van der Waals surface area contributed by atoms with Crippen LogP contribution in [0, 0.1) is 5.92 Å². The molecule has 2 atom stereocenters. The van der Waals surface area contributed by atoms with Crippen molar-refractivity contribution in [1.82, 2.24) is 4.90 Å². The van der Waals surface area contributed by atoms with Crippen LogP contribution >= 0.6 is 0 Å². The van der Waals surface area contributed by atoms with Crippen molar-refractivity contribution in [2.75, 3.05) is 14.2 Å². The molecule has 0 heterocycles. The average Bonchev–Trinajstić information content (AvgIpc) is 2.53. The highest BCUT2D eigenvalue weighted by Crippen LogP contribution is 2.34. The van der Waals surface area contributed by atoms with Crippen LogP contribution in [0.5, 0.6) is 11.5 Å². The minimum absolute atomic E-state index is 0.0168. The summed E-state index contributed by atoms with van der Waals surface area (Å²) in [5, 5.41) is 0. The SMILES string of the molecule is COc1ccc(CN(C)C(=O)C2CCCCC2(C)N)cc1OC(F)F. The largest absolute Gasteiger partial charge is 0.493 e. The standard InChI is InChI=1S/C18H26F2N2O3/c1-18(21)9-5-4-6-13(18)16(23)22(2)11-12-7-8-14(24-3)15(10-12)25-17(19)20/h7-8,10,13,17H,4-6,9,11,21H2,1-3H3. The summed E-state index contributed by atoms with van der Waals surface area (Å²) in [6.45, 7) is -0.733. The van der Waals surface area contributed by atoms with Crippen molar-refractivity contribution < 1.29 is 23.0 Å². The predicted octanol–water partition coefficient (Wildman–Crippen LogP) is 3.16. The smallest absolute Gasteiger partial charge is 0.387 e. The summed E-state index contributed by atoms with van der Waals surface area (Å²) in [5.74, 6) is -0.0600. The Kier molecular flexibility index (Phi) is 6.21. The third kappa shape index (κ3) is 4.81. The van der Waals surface area contributed by atoms with Gasteiger partial charge in [-0.05, 0) is 37.5 Å². The Morgan fingerprint density at radius 1 is 1.40 bits per heavy atom. The maximum atomic E-state index is 12.8. The van der Waals surface area contributed by atoms with Gasteiger partial charge in [0.2, 0.25) is 5.91 Å². The number of halogens is 2. The molecular weight excluding hydrogens is 330 g/mol. The lowest BCUT2D eigenvalue weighted by atomic mass is 9.74. The number of ether oxygens (including phenoxy) is 2. The van der Waals surface area contributed by atoms with Gasteiger partial charge < -0.3 is 20.1 Å². The molecule has 0 aromatic heterocycles. The molecule has 1 saturated carbocycles. The van der Waals surface area contributed by atoms with Gasteiger partial charge in [-0.1, -0.05) is 18.9 Å². The number of rotatable bonds is 6. The zero-order valence-electron chi connectivity index (χ0n) is 14.9. The van der Waals surface area contributed by atoms with E-state index in [-0.39, 0.29) is 29.9 Å². The van der Waals surface area contributed by atoms with Crippen LogP contribution < -0.4 is 15.2 Å². The van der Waals surface area contributed by atoms with Gasteiger partial charge in [0.05, 0.1) is 13.0 Å². The van der Waals surface area contributed by atoms with Gasteiger partial charge in [-0.15, -0.1) is 0 Å². The van der Waals surface area contributed by atoms with Gasteiger partial charge in [-0.2, -0.15) is 8.78 Å². The Balaban J connectivity index is 2.11. The molecule has 2 unspecified atom stereocenters. The van der Waals surface area contributed by atoms with Gasteiger partial charge in [0.1, 0.15) is 0 Å². The quantitative estimate of drug-likeness (QED) is 0.850. The van der Waals surface area contributed by atoms with E-state index >= 15 is 0 Å². The average molecular weight is 356 g/mol. The third-order valence-electron chi connectivity index (χ3n) is 4.79. The van der Waals surface area contributed by atoms with Gasteiger partial charge in [0.25, 0.3) is 0 Å². The molecule has 1 fully saturated rings. The van der Waals surface area contributed by atoms with Gasteiger partial charge in [-0.25, -0.2) is 0 Å². The second-order valence-electron chi connectivity index (χ2n) is 6.86. The minimum Gasteiger partial charge on any atom is -0.493 e. The molecule has 1 aromatic carbocycles. The summed E-state index contributed by atoms with van der Waals surface area (Å²) in [6, 6.07) is 4.75. The van der Waals surface area contributed by atoms with Crippen LogP contribution in [0.3, 0.4) is 0 Å². The zero-order chi connectivity index (χ0) is 18.6. The molecular formula is C18H26F2N2O3. The van der Waals surface area contributed by atoms with Crippen LogP contribution in [0.15, 0.2) is 18.2 Å². The summed E-state index contributed by atoms with van der Waals surface area (Å²) >= 11 is 0. The summed E-state index contributed by atoms with van der Waals surface area (Å²) in [4.78, 5) is 14.4. The fourth-order valence-corrected chi connectivity index (χ4v) is 3.39. The van der Waals surface area contributed by atoms with Crippen molar-refractivity contribution in [2.45, 2.75) is 51.3 Å². The molecule has 1 aliphatic rings. The van der Waals surface area contributed by atoms with E-state index in [1.165, 1.54) is 13.2 Å². The van der Waals surface area contributed by atoms with E-state index in [1.807, 2.05) is 6.92 Å². The zero-order valence-corrected chi connectivity index (χ0v) is 14.9. The second kappa shape index (κ2) is 7.99. The molecule has 25 heavy (non-hydrogen) atoms. The van der Waals surface area contributed by atoms with E-state index in [4.69, 9.17) is 10.5 Å². The van der Waals surface area contributed by atoms with E-state index < -0.39 is 12.2 Å². The Labute approximate surface area is 147 Å². The fraction of sp³-hybridized carbons (Fsp3) is 0.611. The molecule has 140 valence electrons. The van der Waals surface area contributed by atoms with Crippen molar-refractivity contribution >= 4 is 5.91 Å². The van der Waals surface area contributed by atoms with E-state index in [1.54, 1.807) is 24.1 Å². The van der Waals surface area contributed by atoms with Crippen molar-refractivity contribution in [3.05, 3.63) is 23.8 Å². The molecule has 0 bridgehead atoms. The van der Waals surface area contributed by atoms with Crippen molar-refractivity contribution in [3.63, 3.8) is 0 Å². The number of nitrogens with two attached hydrogens (primary N) is 1. The number of hydrogen-bond acceptors (Lipinski definition) is 4. The maximum absolute atomic E-state index is 12.8. The number of amides is 1. The van der Waals surface area contributed by atoms with E-state index in [9.17, 15) is 13.6 Å². The third-order valence-corrected chi connectivity index (χ3v) is 4.79. The van der Waals surface area contributed by atoms with Crippen molar-refractivity contribution in [2.24, 2.45) is 11.7 Å². The summed E-state index contributed by atoms with van der Waals surface area (Å²) in [7, 11) is 3.08. The molecule has 0 spiro atoms. The lowest BCUT2D eigenvalue weighted by Crippen LogP contribution is -2.53. The molecule has 7 heteroatoms. The normalized spacial score (nSPS) is 23.4. The molecule has 5 nitrogen and oxygen atoms in total. The highest BCUT2D eigenvalue weighted by molar-refractivity contribution is 5.80. The maximum Gasteiger partial charge on any atom is 0.387 e. The number of methoxy groups -OCH3 is 1. The minimum atomic E-state index is -2.94. The summed E-state index contributed by atoms with van der Waals surface area (Å²) in [6.07, 6.45) is 3.63. The van der Waals surface area contributed by atoms with Gasteiger partial charge in [0, 0.05) is 19.1 Å². The first kappa shape index (κ1) is 19.4. The number of benzene rings is 1. The highest BCUT2D eigenvalue weighted by Gasteiger charge is 2.39. The molecule has 0 radical (unpaired) electrons. The Morgan fingerprint density at radius 2 is 2.12 bits per heavy atom. The molecule has 1 aromatic rings. The van der Waals surface area contributed by atoms with Crippen LogP contribution in [0.4, 0.5) is 8.78 Å². The predicted molar refractivity (Wildman–Crippen MR) is 90.7 cm³/mol. The van der Waals surface area contributed by atoms with Gasteiger partial charge in [-0.3, -0.25) is 4.79 Å². The topological polar surface area (TPSA) is 64.8 Å². The Hall–Kier alpha value is -1.89. The van der Waals surface area contributed by atoms with Crippen LogP contribution in [-0.2, 0) is 11.3 Å². The molecule has 1 aliphatic carbocycles.